The number of rotatable bonds is 11. The summed E-state index contributed by atoms with van der Waals surface area (Å²) in [5.74, 6) is 1.10. The minimum Gasteiger partial charge on any atom is -0.362 e. The number of carbonyl (C=O) groups excluding carboxylic acids is 2. The quantitative estimate of drug-likeness (QED) is 0.263. The predicted molar refractivity (Wildman–Crippen MR) is 157 cm³/mol. The lowest BCUT2D eigenvalue weighted by atomic mass is 9.83. The molecule has 2 aliphatic rings. The molecule has 0 fully saturated rings. The van der Waals surface area contributed by atoms with Crippen molar-refractivity contribution in [2.45, 2.75) is 52.9 Å². The van der Waals surface area contributed by atoms with Crippen molar-refractivity contribution in [3.05, 3.63) is 113 Å². The van der Waals surface area contributed by atoms with E-state index in [-0.39, 0.29) is 17.5 Å². The number of anilines is 1. The molecule has 0 saturated heterocycles. The molecule has 4 rings (SSSR count). The highest BCUT2D eigenvalue weighted by Crippen LogP contribution is 2.30. The van der Waals surface area contributed by atoms with Gasteiger partial charge >= 0.3 is 0 Å². The zero-order chi connectivity index (χ0) is 26.9. The SMILES string of the molecule is CCCCc1cc(C(=O)/C=C/Nc2cccc(CCN=C3NC=CC4=C(C(C)=O)C=CCC34)c2)ccc1C. The normalized spacial score (nSPS) is 17.6. The molecule has 1 heterocycles. The molecular weight excluding hydrogens is 470 g/mol. The van der Waals surface area contributed by atoms with E-state index in [0.717, 1.165) is 65.9 Å². The minimum atomic E-state index is -0.00448. The molecule has 0 radical (unpaired) electrons. The van der Waals surface area contributed by atoms with Crippen LogP contribution in [0.25, 0.3) is 0 Å². The highest BCUT2D eigenvalue weighted by Gasteiger charge is 2.26. The average molecular weight is 508 g/mol. The van der Waals surface area contributed by atoms with Gasteiger partial charge in [-0.15, -0.1) is 0 Å². The Morgan fingerprint density at radius 2 is 2.00 bits per heavy atom. The molecule has 2 aromatic rings. The number of allylic oxidation sites excluding steroid dienone is 5. The van der Waals surface area contributed by atoms with E-state index < -0.39 is 0 Å². The number of carbonyl (C=O) groups is 2. The van der Waals surface area contributed by atoms with E-state index in [9.17, 15) is 9.59 Å². The van der Waals surface area contributed by atoms with Crippen LogP contribution in [0.2, 0.25) is 0 Å². The number of aryl methyl sites for hydroxylation is 2. The van der Waals surface area contributed by atoms with Crippen LogP contribution in [-0.2, 0) is 17.6 Å². The van der Waals surface area contributed by atoms with Crippen LogP contribution < -0.4 is 10.6 Å². The minimum absolute atomic E-state index is 0.00448. The predicted octanol–water partition coefficient (Wildman–Crippen LogP) is 6.67. The third kappa shape index (κ3) is 6.86. The second kappa shape index (κ2) is 13.0. The summed E-state index contributed by atoms with van der Waals surface area (Å²) in [4.78, 5) is 29.5. The van der Waals surface area contributed by atoms with Crippen molar-refractivity contribution in [3.63, 3.8) is 0 Å². The Morgan fingerprint density at radius 3 is 2.82 bits per heavy atom. The van der Waals surface area contributed by atoms with Crippen molar-refractivity contribution < 1.29 is 9.59 Å². The van der Waals surface area contributed by atoms with Crippen molar-refractivity contribution in [1.82, 2.24) is 5.32 Å². The molecule has 2 aromatic carbocycles. The van der Waals surface area contributed by atoms with Gasteiger partial charge in [-0.1, -0.05) is 49.8 Å². The molecule has 0 aromatic heterocycles. The molecule has 5 nitrogen and oxygen atoms in total. The fourth-order valence-electron chi connectivity index (χ4n) is 4.88. The van der Waals surface area contributed by atoms with Crippen LogP contribution in [-0.4, -0.2) is 23.9 Å². The number of aliphatic imine (C=N–C) groups is 1. The number of ketones is 2. The molecule has 2 N–H and O–H groups in total. The Hall–Kier alpha value is -3.99. The summed E-state index contributed by atoms with van der Waals surface area (Å²) < 4.78 is 0. The Balaban J connectivity index is 1.34. The zero-order valence-corrected chi connectivity index (χ0v) is 22.6. The fraction of sp³-hybridized carbons (Fsp3) is 0.303. The standard InChI is InChI=1S/C33H37N3O2/c1-4-5-9-26-22-27(14-13-23(26)2)32(38)17-20-34-28-10-6-8-25(21-28)15-18-35-33-31-12-7-11-29(24(3)37)30(31)16-19-36-33/h6-8,10-11,13-14,16-17,19-22,31,34H,4-5,9,12,15,18H2,1-3H3,(H,35,36)/b20-17+. The third-order valence-corrected chi connectivity index (χ3v) is 7.07. The lowest BCUT2D eigenvalue weighted by Crippen LogP contribution is -2.33. The van der Waals surface area contributed by atoms with Crippen molar-refractivity contribution in [2.75, 3.05) is 11.9 Å². The molecule has 0 spiro atoms. The zero-order valence-electron chi connectivity index (χ0n) is 22.6. The number of hydrogen-bond donors (Lipinski definition) is 2. The first kappa shape index (κ1) is 27.1. The highest BCUT2D eigenvalue weighted by molar-refractivity contribution is 6.04. The number of benzene rings is 2. The summed E-state index contributed by atoms with van der Waals surface area (Å²) in [6.45, 7) is 6.54. The van der Waals surface area contributed by atoms with Crippen LogP contribution in [0.5, 0.6) is 0 Å². The van der Waals surface area contributed by atoms with Crippen LogP contribution in [0, 0.1) is 12.8 Å². The van der Waals surface area contributed by atoms with Gasteiger partial charge in [-0.05, 0) is 86.1 Å². The molecule has 1 atom stereocenters. The van der Waals surface area contributed by atoms with Gasteiger partial charge in [0.1, 0.15) is 5.84 Å². The van der Waals surface area contributed by atoms with Crippen molar-refractivity contribution >= 4 is 23.1 Å². The molecule has 196 valence electrons. The lowest BCUT2D eigenvalue weighted by Gasteiger charge is -2.27. The van der Waals surface area contributed by atoms with Crippen LogP contribution in [0.4, 0.5) is 5.69 Å². The second-order valence-electron chi connectivity index (χ2n) is 9.90. The van der Waals surface area contributed by atoms with Gasteiger partial charge in [0, 0.05) is 47.8 Å². The second-order valence-corrected chi connectivity index (χ2v) is 9.90. The summed E-state index contributed by atoms with van der Waals surface area (Å²) in [6, 6.07) is 14.1. The number of unbranched alkanes of at least 4 members (excludes halogenated alkanes) is 1. The first-order valence-corrected chi connectivity index (χ1v) is 13.5. The van der Waals surface area contributed by atoms with Gasteiger partial charge in [-0.3, -0.25) is 14.6 Å². The number of nitrogens with one attached hydrogen (secondary N) is 2. The average Bonchev–Trinajstić information content (AvgIpc) is 2.92. The molecular formula is C33H37N3O2. The Labute approximate surface area is 226 Å². The Morgan fingerprint density at radius 1 is 1.13 bits per heavy atom. The molecule has 1 unspecified atom stereocenters. The van der Waals surface area contributed by atoms with Crippen LogP contribution in [0.15, 0.2) is 95.3 Å². The van der Waals surface area contributed by atoms with Crippen LogP contribution in [0.3, 0.4) is 0 Å². The van der Waals surface area contributed by atoms with E-state index in [1.807, 2.05) is 48.7 Å². The topological polar surface area (TPSA) is 70.6 Å². The van der Waals surface area contributed by atoms with E-state index in [2.05, 4.69) is 42.7 Å². The fourth-order valence-corrected chi connectivity index (χ4v) is 4.88. The van der Waals surface area contributed by atoms with Crippen molar-refractivity contribution in [1.29, 1.82) is 0 Å². The smallest absolute Gasteiger partial charge is 0.187 e. The largest absolute Gasteiger partial charge is 0.362 e. The van der Waals surface area contributed by atoms with E-state index in [0.29, 0.717) is 6.54 Å². The maximum atomic E-state index is 12.7. The number of hydrogen-bond acceptors (Lipinski definition) is 4. The highest BCUT2D eigenvalue weighted by atomic mass is 16.1. The number of Topliss-reactive ketones (excluding diaryl/α,β-unsaturated/α-hetero) is 1. The maximum Gasteiger partial charge on any atom is 0.187 e. The molecule has 0 bridgehead atoms. The van der Waals surface area contributed by atoms with Gasteiger partial charge in [0.25, 0.3) is 0 Å². The van der Waals surface area contributed by atoms with Crippen LogP contribution in [0.1, 0.15) is 60.2 Å². The number of nitrogens with zero attached hydrogens (tertiary/aromatic N) is 1. The van der Waals surface area contributed by atoms with E-state index >= 15 is 0 Å². The first-order valence-electron chi connectivity index (χ1n) is 13.5. The van der Waals surface area contributed by atoms with Gasteiger partial charge in [-0.25, -0.2) is 0 Å². The van der Waals surface area contributed by atoms with Gasteiger partial charge in [0.05, 0.1) is 0 Å². The molecule has 1 aliphatic carbocycles. The van der Waals surface area contributed by atoms with Crippen LogP contribution >= 0.6 is 0 Å². The maximum absolute atomic E-state index is 12.7. The van der Waals surface area contributed by atoms with Gasteiger partial charge < -0.3 is 10.6 Å². The molecule has 0 amide bonds. The number of amidine groups is 1. The molecule has 0 saturated carbocycles. The van der Waals surface area contributed by atoms with E-state index in [1.54, 1.807) is 19.2 Å². The summed E-state index contributed by atoms with van der Waals surface area (Å²) in [7, 11) is 0. The van der Waals surface area contributed by atoms with Gasteiger partial charge in [0.15, 0.2) is 11.6 Å². The lowest BCUT2D eigenvalue weighted by molar-refractivity contribution is -0.113. The first-order chi connectivity index (χ1) is 18.5. The van der Waals surface area contributed by atoms with Crippen molar-refractivity contribution in [3.8, 4) is 0 Å². The molecule has 5 heteroatoms. The van der Waals surface area contributed by atoms with Crippen molar-refractivity contribution in [2.24, 2.45) is 10.9 Å². The summed E-state index contributed by atoms with van der Waals surface area (Å²) in [5, 5.41) is 6.51. The molecule has 38 heavy (non-hydrogen) atoms. The van der Waals surface area contributed by atoms with Gasteiger partial charge in [0.2, 0.25) is 0 Å². The number of fused-ring (bicyclic) bond motifs is 1. The Bertz CT molecular complexity index is 1340. The summed E-state index contributed by atoms with van der Waals surface area (Å²) in [6.07, 6.45) is 16.0. The monoisotopic (exact) mass is 507 g/mol. The Kier molecular flexibility index (Phi) is 9.26. The molecule has 1 aliphatic heterocycles. The van der Waals surface area contributed by atoms with E-state index in [4.69, 9.17) is 4.99 Å². The third-order valence-electron chi connectivity index (χ3n) is 7.07. The van der Waals surface area contributed by atoms with Gasteiger partial charge in [-0.2, -0.15) is 0 Å². The summed E-state index contributed by atoms with van der Waals surface area (Å²) in [5.41, 5.74) is 7.13. The van der Waals surface area contributed by atoms with E-state index in [1.165, 1.54) is 11.1 Å². The summed E-state index contributed by atoms with van der Waals surface area (Å²) >= 11 is 0.